The predicted octanol–water partition coefficient (Wildman–Crippen LogP) is 2.78. The minimum atomic E-state index is 0.404. The van der Waals surface area contributed by atoms with Crippen LogP contribution in [0.2, 0.25) is 0 Å². The van der Waals surface area contributed by atoms with Crippen LogP contribution < -0.4 is 10.5 Å². The lowest BCUT2D eigenvalue weighted by Gasteiger charge is -2.19. The van der Waals surface area contributed by atoms with Crippen molar-refractivity contribution in [2.75, 3.05) is 13.7 Å². The molecule has 0 spiro atoms. The first-order chi connectivity index (χ1) is 7.19. The zero-order valence-corrected chi connectivity index (χ0v) is 9.86. The van der Waals surface area contributed by atoms with Crippen LogP contribution >= 0.6 is 0 Å². The van der Waals surface area contributed by atoms with E-state index in [2.05, 4.69) is 19.9 Å². The number of nitrogens with two attached hydrogens (primary N) is 1. The molecular weight excluding hydrogens is 186 g/mol. The van der Waals surface area contributed by atoms with Crippen LogP contribution in [0.1, 0.15) is 31.7 Å². The maximum atomic E-state index is 5.82. The van der Waals surface area contributed by atoms with Gasteiger partial charge in [0.2, 0.25) is 0 Å². The number of methoxy groups -OCH3 is 1. The molecule has 1 rings (SSSR count). The summed E-state index contributed by atoms with van der Waals surface area (Å²) in [5.74, 6) is 2.01. The molecule has 1 atom stereocenters. The summed E-state index contributed by atoms with van der Waals surface area (Å²) in [6.07, 6.45) is 1.11. The first kappa shape index (κ1) is 12.1. The fraction of sp³-hybridized carbons (Fsp3) is 0.538. The lowest BCUT2D eigenvalue weighted by molar-refractivity contribution is 0.399. The van der Waals surface area contributed by atoms with Gasteiger partial charge in [-0.15, -0.1) is 0 Å². The molecule has 84 valence electrons. The van der Waals surface area contributed by atoms with E-state index in [0.717, 1.165) is 12.2 Å². The van der Waals surface area contributed by atoms with Gasteiger partial charge in [0.15, 0.2) is 0 Å². The van der Waals surface area contributed by atoms with Crippen molar-refractivity contribution < 1.29 is 4.74 Å². The molecule has 0 saturated carbocycles. The van der Waals surface area contributed by atoms with E-state index in [4.69, 9.17) is 10.5 Å². The van der Waals surface area contributed by atoms with Gasteiger partial charge in [-0.05, 0) is 30.5 Å². The van der Waals surface area contributed by atoms with Gasteiger partial charge < -0.3 is 10.5 Å². The fourth-order valence-corrected chi connectivity index (χ4v) is 1.92. The van der Waals surface area contributed by atoms with Crippen LogP contribution in [0.15, 0.2) is 24.3 Å². The van der Waals surface area contributed by atoms with Crippen LogP contribution in [0.25, 0.3) is 0 Å². The highest BCUT2D eigenvalue weighted by Gasteiger charge is 2.15. The van der Waals surface area contributed by atoms with E-state index in [1.165, 1.54) is 5.56 Å². The Morgan fingerprint density at radius 1 is 1.27 bits per heavy atom. The summed E-state index contributed by atoms with van der Waals surface area (Å²) in [7, 11) is 1.71. The molecule has 2 nitrogen and oxygen atoms in total. The van der Waals surface area contributed by atoms with Gasteiger partial charge in [0.1, 0.15) is 5.75 Å². The summed E-state index contributed by atoms with van der Waals surface area (Å²) in [4.78, 5) is 0. The lowest BCUT2D eigenvalue weighted by Crippen LogP contribution is -2.15. The second kappa shape index (κ2) is 5.76. The molecule has 0 saturated heterocycles. The van der Waals surface area contributed by atoms with Crippen molar-refractivity contribution in [3.05, 3.63) is 29.8 Å². The highest BCUT2D eigenvalue weighted by Crippen LogP contribution is 2.30. The Hall–Kier alpha value is -1.02. The number of ether oxygens (including phenoxy) is 1. The monoisotopic (exact) mass is 207 g/mol. The van der Waals surface area contributed by atoms with Crippen molar-refractivity contribution in [1.29, 1.82) is 0 Å². The van der Waals surface area contributed by atoms with Gasteiger partial charge in [0.25, 0.3) is 0 Å². The molecule has 0 aliphatic rings. The Bertz CT molecular complexity index is 296. The minimum absolute atomic E-state index is 0.404. The Morgan fingerprint density at radius 2 is 1.93 bits per heavy atom. The molecule has 0 heterocycles. The predicted molar refractivity (Wildman–Crippen MR) is 64.2 cm³/mol. The van der Waals surface area contributed by atoms with E-state index in [1.54, 1.807) is 7.11 Å². The van der Waals surface area contributed by atoms with Crippen molar-refractivity contribution in [3.63, 3.8) is 0 Å². The van der Waals surface area contributed by atoms with E-state index in [-0.39, 0.29) is 0 Å². The van der Waals surface area contributed by atoms with Crippen molar-refractivity contribution in [2.24, 2.45) is 11.7 Å². The zero-order valence-electron chi connectivity index (χ0n) is 9.86. The van der Waals surface area contributed by atoms with Crippen molar-refractivity contribution >= 4 is 0 Å². The van der Waals surface area contributed by atoms with Crippen LogP contribution in [0.3, 0.4) is 0 Å². The van der Waals surface area contributed by atoms with Crippen LogP contribution in [0.4, 0.5) is 0 Å². The summed E-state index contributed by atoms with van der Waals surface area (Å²) in [6.45, 7) is 5.12. The average molecular weight is 207 g/mol. The number of hydrogen-bond donors (Lipinski definition) is 1. The summed E-state index contributed by atoms with van der Waals surface area (Å²) in [5.41, 5.74) is 7.05. The third-order valence-corrected chi connectivity index (χ3v) is 2.62. The molecule has 0 aromatic heterocycles. The van der Waals surface area contributed by atoms with Gasteiger partial charge in [-0.1, -0.05) is 32.0 Å². The Morgan fingerprint density at radius 3 is 2.47 bits per heavy atom. The number of benzene rings is 1. The van der Waals surface area contributed by atoms with Crippen LogP contribution in [-0.4, -0.2) is 13.7 Å². The fourth-order valence-electron chi connectivity index (χ4n) is 1.92. The van der Waals surface area contributed by atoms with Gasteiger partial charge in [-0.25, -0.2) is 0 Å². The molecule has 0 fully saturated rings. The van der Waals surface area contributed by atoms with E-state index in [9.17, 15) is 0 Å². The van der Waals surface area contributed by atoms with E-state index in [1.807, 2.05) is 18.2 Å². The molecule has 1 aromatic rings. The van der Waals surface area contributed by atoms with Crippen LogP contribution in [-0.2, 0) is 0 Å². The van der Waals surface area contributed by atoms with Crippen molar-refractivity contribution in [3.8, 4) is 5.75 Å². The first-order valence-electron chi connectivity index (χ1n) is 5.52. The molecule has 1 aromatic carbocycles. The largest absolute Gasteiger partial charge is 0.496 e. The summed E-state index contributed by atoms with van der Waals surface area (Å²) >= 11 is 0. The van der Waals surface area contributed by atoms with Gasteiger partial charge in [-0.3, -0.25) is 0 Å². The number of rotatable bonds is 5. The molecule has 2 heteroatoms. The van der Waals surface area contributed by atoms with E-state index in [0.29, 0.717) is 18.4 Å². The standard InChI is InChI=1S/C13H21NO/c1-10(2)8-11(9-14)12-6-4-5-7-13(12)15-3/h4-7,10-11H,8-9,14H2,1-3H3. The highest BCUT2D eigenvalue weighted by atomic mass is 16.5. The second-order valence-corrected chi connectivity index (χ2v) is 4.30. The van der Waals surface area contributed by atoms with Gasteiger partial charge in [0.05, 0.1) is 7.11 Å². The molecule has 0 amide bonds. The lowest BCUT2D eigenvalue weighted by atomic mass is 9.90. The van der Waals surface area contributed by atoms with Gasteiger partial charge in [0, 0.05) is 5.92 Å². The summed E-state index contributed by atoms with van der Waals surface area (Å²) in [5, 5.41) is 0. The van der Waals surface area contributed by atoms with Crippen LogP contribution in [0, 0.1) is 5.92 Å². The average Bonchev–Trinajstić information content (AvgIpc) is 2.25. The molecular formula is C13H21NO. The topological polar surface area (TPSA) is 35.2 Å². The zero-order chi connectivity index (χ0) is 11.3. The molecule has 0 aliphatic heterocycles. The molecule has 15 heavy (non-hydrogen) atoms. The molecule has 1 unspecified atom stereocenters. The molecule has 0 bridgehead atoms. The Kier molecular flexibility index (Phi) is 4.63. The third-order valence-electron chi connectivity index (χ3n) is 2.62. The quantitative estimate of drug-likeness (QED) is 0.805. The number of hydrogen-bond acceptors (Lipinski definition) is 2. The maximum absolute atomic E-state index is 5.82. The minimum Gasteiger partial charge on any atom is -0.496 e. The van der Waals surface area contributed by atoms with Crippen LogP contribution in [0.5, 0.6) is 5.75 Å². The normalized spacial score (nSPS) is 12.9. The Labute approximate surface area is 92.4 Å². The molecule has 0 radical (unpaired) electrons. The van der Waals surface area contributed by atoms with E-state index >= 15 is 0 Å². The number of para-hydroxylation sites is 1. The van der Waals surface area contributed by atoms with Crippen molar-refractivity contribution in [1.82, 2.24) is 0 Å². The second-order valence-electron chi connectivity index (χ2n) is 4.30. The SMILES string of the molecule is COc1ccccc1C(CN)CC(C)C. The molecule has 0 aliphatic carbocycles. The van der Waals surface area contributed by atoms with E-state index < -0.39 is 0 Å². The van der Waals surface area contributed by atoms with Gasteiger partial charge in [-0.2, -0.15) is 0 Å². The summed E-state index contributed by atoms with van der Waals surface area (Å²) in [6, 6.07) is 8.14. The summed E-state index contributed by atoms with van der Waals surface area (Å²) < 4.78 is 5.35. The Balaban J connectivity index is 2.90. The highest BCUT2D eigenvalue weighted by molar-refractivity contribution is 5.36. The van der Waals surface area contributed by atoms with Gasteiger partial charge >= 0.3 is 0 Å². The molecule has 2 N–H and O–H groups in total. The van der Waals surface area contributed by atoms with Crippen molar-refractivity contribution in [2.45, 2.75) is 26.2 Å². The maximum Gasteiger partial charge on any atom is 0.122 e. The third kappa shape index (κ3) is 3.24. The smallest absolute Gasteiger partial charge is 0.122 e. The first-order valence-corrected chi connectivity index (χ1v) is 5.52.